The lowest BCUT2D eigenvalue weighted by Crippen LogP contribution is -2.47. The number of aromatic nitrogens is 2. The highest BCUT2D eigenvalue weighted by Crippen LogP contribution is 2.27. The molecule has 0 radical (unpaired) electrons. The zero-order chi connectivity index (χ0) is 33.1. The number of aliphatic hydroxyl groups is 1. The third-order valence-electron chi connectivity index (χ3n) is 6.49. The first kappa shape index (κ1) is 36.0. The number of likely N-dealkylation sites (N-methyl/N-ethyl adjacent to an activating group) is 1. The molecule has 1 aromatic heterocycles. The summed E-state index contributed by atoms with van der Waals surface area (Å²) < 4.78 is 32.5. The van der Waals surface area contributed by atoms with Crippen LogP contribution in [0.15, 0.2) is 42.5 Å². The van der Waals surface area contributed by atoms with Gasteiger partial charge < -0.3 is 30.4 Å². The summed E-state index contributed by atoms with van der Waals surface area (Å²) in [5, 5.41) is 17.8. The summed E-state index contributed by atoms with van der Waals surface area (Å²) in [6.07, 6.45) is 0.545. The first-order valence-electron chi connectivity index (χ1n) is 14.0. The second-order valence-electron chi connectivity index (χ2n) is 10.8. The zero-order valence-corrected chi connectivity index (χ0v) is 26.6. The van der Waals surface area contributed by atoms with Gasteiger partial charge in [0, 0.05) is 41.8 Å². The number of hydrogen-bond acceptors (Lipinski definition) is 8. The lowest BCUT2D eigenvalue weighted by molar-refractivity contribution is -0.126. The van der Waals surface area contributed by atoms with E-state index in [9.17, 15) is 23.2 Å². The number of benzene rings is 2. The maximum absolute atomic E-state index is 13.6. The zero-order valence-electron chi connectivity index (χ0n) is 25.1. The van der Waals surface area contributed by atoms with Gasteiger partial charge in [0.1, 0.15) is 17.7 Å². The Balaban J connectivity index is 0.000000302. The number of nitrogens with zero attached hydrogens (tertiary/aromatic N) is 3. The number of anilines is 1. The van der Waals surface area contributed by atoms with E-state index in [4.69, 9.17) is 33.0 Å². The molecule has 244 valence electrons. The van der Waals surface area contributed by atoms with E-state index in [1.165, 1.54) is 30.3 Å². The molecule has 3 aromatic rings. The summed E-state index contributed by atoms with van der Waals surface area (Å²) >= 11 is 11.3. The summed E-state index contributed by atoms with van der Waals surface area (Å²) in [7, 11) is 1.82. The van der Waals surface area contributed by atoms with Crippen molar-refractivity contribution >= 4 is 47.1 Å². The summed E-state index contributed by atoms with van der Waals surface area (Å²) in [5.74, 6) is -1.60. The van der Waals surface area contributed by atoms with Crippen LogP contribution in [0, 0.1) is 11.6 Å². The van der Waals surface area contributed by atoms with Gasteiger partial charge in [0.25, 0.3) is 5.91 Å². The average Bonchev–Trinajstić information content (AvgIpc) is 3.33. The number of morpholine rings is 1. The number of rotatable bonds is 7. The minimum atomic E-state index is -0.672. The van der Waals surface area contributed by atoms with Gasteiger partial charge in [-0.25, -0.2) is 13.8 Å². The molecule has 1 unspecified atom stereocenters. The van der Waals surface area contributed by atoms with Gasteiger partial charge in [-0.2, -0.15) is 0 Å². The number of aldehydes is 1. The minimum Gasteiger partial charge on any atom is -0.389 e. The van der Waals surface area contributed by atoms with E-state index in [0.29, 0.717) is 56.4 Å². The van der Waals surface area contributed by atoms with E-state index in [1.807, 2.05) is 7.05 Å². The summed E-state index contributed by atoms with van der Waals surface area (Å²) in [6, 6.07) is 8.46. The summed E-state index contributed by atoms with van der Waals surface area (Å²) in [6.45, 7) is 7.15. The Morgan fingerprint density at radius 1 is 1.13 bits per heavy atom. The van der Waals surface area contributed by atoms with Crippen LogP contribution in [0.4, 0.5) is 14.6 Å². The quantitative estimate of drug-likeness (QED) is 0.280. The van der Waals surface area contributed by atoms with Gasteiger partial charge in [0.15, 0.2) is 17.9 Å². The largest absolute Gasteiger partial charge is 0.389 e. The number of hydrogen-bond donors (Lipinski definition) is 4. The minimum absolute atomic E-state index is 0.0131. The molecule has 2 amide bonds. The molecule has 0 aliphatic carbocycles. The highest BCUT2D eigenvalue weighted by atomic mass is 35.5. The van der Waals surface area contributed by atoms with Crippen LogP contribution in [0.5, 0.6) is 0 Å². The molecular formula is C30H36Cl2F2N6O5. The van der Waals surface area contributed by atoms with Crippen molar-refractivity contribution in [3.8, 4) is 0 Å². The summed E-state index contributed by atoms with van der Waals surface area (Å²) in [5.41, 5.74) is -0.0562. The fourth-order valence-corrected chi connectivity index (χ4v) is 4.86. The molecule has 0 spiro atoms. The van der Waals surface area contributed by atoms with Crippen LogP contribution in [0.3, 0.4) is 0 Å². The van der Waals surface area contributed by atoms with Crippen molar-refractivity contribution in [3.05, 3.63) is 81.2 Å². The van der Waals surface area contributed by atoms with Gasteiger partial charge in [0.05, 0.1) is 31.1 Å². The summed E-state index contributed by atoms with van der Waals surface area (Å²) in [4.78, 5) is 43.1. The number of fused-ring (bicyclic) bond motifs is 1. The lowest BCUT2D eigenvalue weighted by Gasteiger charge is -2.33. The molecule has 2 aliphatic heterocycles. The Kier molecular flexibility index (Phi) is 13.4. The fraction of sp³-hybridized carbons (Fsp3) is 0.400. The number of amides is 2. The van der Waals surface area contributed by atoms with Gasteiger partial charge in [-0.15, -0.1) is 0 Å². The first-order chi connectivity index (χ1) is 21.3. The molecule has 1 fully saturated rings. The maximum Gasteiger partial charge on any atom is 0.257 e. The molecule has 5 rings (SSSR count). The third kappa shape index (κ3) is 11.1. The predicted octanol–water partition coefficient (Wildman–Crippen LogP) is 3.70. The van der Waals surface area contributed by atoms with Crippen LogP contribution in [0.2, 0.25) is 10.0 Å². The van der Waals surface area contributed by atoms with Crippen LogP contribution in [-0.2, 0) is 16.1 Å². The van der Waals surface area contributed by atoms with E-state index in [2.05, 4.69) is 25.8 Å². The molecule has 4 N–H and O–H groups in total. The fourth-order valence-electron chi connectivity index (χ4n) is 4.51. The highest BCUT2D eigenvalue weighted by molar-refractivity contribution is 6.31. The van der Waals surface area contributed by atoms with Crippen molar-refractivity contribution in [1.82, 2.24) is 25.1 Å². The molecule has 3 heterocycles. The third-order valence-corrected chi connectivity index (χ3v) is 6.96. The van der Waals surface area contributed by atoms with Crippen LogP contribution >= 0.6 is 23.2 Å². The average molecular weight is 670 g/mol. The van der Waals surface area contributed by atoms with Crippen LogP contribution < -0.4 is 16.0 Å². The SMILES string of the molecule is CNCC(C)(C)O.Fc1ccc(Cl)cc1.O=Cc1nc(NC(=O)c2cc(F)cc(Cl)c2)c2n1C(CN1CCOCC1)C(=O)NC2. The van der Waals surface area contributed by atoms with Crippen molar-refractivity contribution in [1.29, 1.82) is 0 Å². The molecule has 0 bridgehead atoms. The van der Waals surface area contributed by atoms with Crippen LogP contribution in [0.25, 0.3) is 0 Å². The molecule has 0 saturated carbocycles. The Labute approximate surface area is 269 Å². The van der Waals surface area contributed by atoms with E-state index < -0.39 is 23.4 Å². The molecule has 11 nitrogen and oxygen atoms in total. The number of carbonyl (C=O) groups excluding carboxylic acids is 3. The number of halogens is 4. The van der Waals surface area contributed by atoms with Crippen molar-refractivity contribution in [3.63, 3.8) is 0 Å². The molecule has 1 saturated heterocycles. The molecule has 15 heteroatoms. The van der Waals surface area contributed by atoms with Crippen molar-refractivity contribution in [2.45, 2.75) is 32.0 Å². The maximum atomic E-state index is 13.6. The number of carbonyl (C=O) groups is 3. The Morgan fingerprint density at radius 3 is 2.33 bits per heavy atom. The van der Waals surface area contributed by atoms with E-state index >= 15 is 0 Å². The Bertz CT molecular complexity index is 1420. The lowest BCUT2D eigenvalue weighted by atomic mass is 10.1. The van der Waals surface area contributed by atoms with E-state index in [0.717, 1.165) is 12.1 Å². The molecular weight excluding hydrogens is 633 g/mol. The standard InChI is InChI=1S/C19H19ClFN5O4.C6H4ClF.C5H13NO/c20-12-5-11(6-13(21)7-12)18(28)24-17-14-8-22-19(29)15(26(14)16(10-27)23-17)9-25-1-3-30-4-2-25;7-5-1-3-6(8)4-2-5;1-5(2,7)4-6-3/h5-7,10,15H,1-4,8-9H2,(H,22,29)(H,24,28);1-4H;6-7H,4H2,1-3H3. The van der Waals surface area contributed by atoms with Crippen LogP contribution in [-0.4, -0.2) is 89.7 Å². The number of imidazole rings is 1. The van der Waals surface area contributed by atoms with Gasteiger partial charge in [-0.1, -0.05) is 23.2 Å². The normalized spacial score (nSPS) is 16.3. The Hall–Kier alpha value is -3.46. The number of ether oxygens (including phenoxy) is 1. The smallest absolute Gasteiger partial charge is 0.257 e. The van der Waals surface area contributed by atoms with E-state index in [-0.39, 0.29) is 40.5 Å². The molecule has 2 aromatic carbocycles. The highest BCUT2D eigenvalue weighted by Gasteiger charge is 2.34. The van der Waals surface area contributed by atoms with Gasteiger partial charge >= 0.3 is 0 Å². The van der Waals surface area contributed by atoms with Gasteiger partial charge in [0.2, 0.25) is 5.91 Å². The predicted molar refractivity (Wildman–Crippen MR) is 167 cm³/mol. The molecule has 1 atom stereocenters. The monoisotopic (exact) mass is 668 g/mol. The number of nitrogens with one attached hydrogen (secondary N) is 3. The van der Waals surface area contributed by atoms with Crippen molar-refractivity contribution in [2.75, 3.05) is 51.8 Å². The molecule has 45 heavy (non-hydrogen) atoms. The van der Waals surface area contributed by atoms with E-state index in [1.54, 1.807) is 18.4 Å². The topological polar surface area (TPSA) is 138 Å². The Morgan fingerprint density at radius 2 is 1.80 bits per heavy atom. The second kappa shape index (κ2) is 16.7. The molecule has 2 aliphatic rings. The van der Waals surface area contributed by atoms with Crippen molar-refractivity contribution < 1.29 is 33.0 Å². The second-order valence-corrected chi connectivity index (χ2v) is 11.7. The van der Waals surface area contributed by atoms with Crippen LogP contribution in [0.1, 0.15) is 46.6 Å². The first-order valence-corrected chi connectivity index (χ1v) is 14.8. The van der Waals surface area contributed by atoms with Gasteiger partial charge in [-0.05, 0) is 63.4 Å². The van der Waals surface area contributed by atoms with Crippen molar-refractivity contribution in [2.24, 2.45) is 0 Å². The van der Waals surface area contributed by atoms with Gasteiger partial charge in [-0.3, -0.25) is 19.3 Å².